The molecule has 1 fully saturated rings. The Morgan fingerprint density at radius 3 is 3.00 bits per heavy atom. The molecule has 4 nitrogen and oxygen atoms in total. The number of nitrogens with zero attached hydrogens (tertiary/aromatic N) is 3. The minimum Gasteiger partial charge on any atom is -0.388 e. The van der Waals surface area contributed by atoms with Crippen LogP contribution >= 0.6 is 11.8 Å². The molecule has 0 radical (unpaired) electrons. The highest BCUT2D eigenvalue weighted by molar-refractivity contribution is 8.00. The summed E-state index contributed by atoms with van der Waals surface area (Å²) in [5.41, 5.74) is -0.605. The van der Waals surface area contributed by atoms with E-state index in [1.807, 2.05) is 16.4 Å². The van der Waals surface area contributed by atoms with Gasteiger partial charge in [0.15, 0.2) is 0 Å². The van der Waals surface area contributed by atoms with Crippen LogP contribution in [-0.4, -0.2) is 36.5 Å². The van der Waals surface area contributed by atoms with Crippen molar-refractivity contribution in [2.75, 3.05) is 5.75 Å². The summed E-state index contributed by atoms with van der Waals surface area (Å²) >= 11 is 1.84. The van der Waals surface area contributed by atoms with E-state index in [1.54, 1.807) is 6.33 Å². The van der Waals surface area contributed by atoms with E-state index in [1.165, 1.54) is 0 Å². The van der Waals surface area contributed by atoms with Gasteiger partial charge in [0.25, 0.3) is 0 Å². The van der Waals surface area contributed by atoms with Gasteiger partial charge in [-0.3, -0.25) is 0 Å². The molecular formula is C12H21N3OS. The quantitative estimate of drug-likeness (QED) is 0.890. The number of thioether (sulfide) groups is 1. The molecule has 0 saturated carbocycles. The number of hydrogen-bond acceptors (Lipinski definition) is 4. The first-order chi connectivity index (χ1) is 8.01. The first kappa shape index (κ1) is 12.9. The second kappa shape index (κ2) is 4.98. The fourth-order valence-corrected chi connectivity index (χ4v) is 3.54. The van der Waals surface area contributed by atoms with Crippen LogP contribution in [0.2, 0.25) is 0 Å². The number of aromatic nitrogens is 3. The van der Waals surface area contributed by atoms with Gasteiger partial charge in [-0.2, -0.15) is 16.9 Å². The van der Waals surface area contributed by atoms with Gasteiger partial charge in [0, 0.05) is 18.2 Å². The molecule has 2 heterocycles. The molecule has 1 aromatic rings. The Hall–Kier alpha value is -0.550. The predicted octanol–water partition coefficient (Wildman–Crippen LogP) is 1.73. The normalized spacial score (nSPS) is 29.1. The van der Waals surface area contributed by atoms with Crippen molar-refractivity contribution in [1.29, 1.82) is 0 Å². The van der Waals surface area contributed by atoms with Gasteiger partial charge in [0.1, 0.15) is 12.2 Å². The summed E-state index contributed by atoms with van der Waals surface area (Å²) in [5, 5.41) is 15.1. The summed E-state index contributed by atoms with van der Waals surface area (Å²) < 4.78 is 1.93. The Morgan fingerprint density at radius 2 is 2.41 bits per heavy atom. The minimum absolute atomic E-state index is 0.284. The number of rotatable bonds is 4. The monoisotopic (exact) mass is 255 g/mol. The van der Waals surface area contributed by atoms with Crippen LogP contribution in [0.5, 0.6) is 0 Å². The molecule has 0 aliphatic carbocycles. The maximum Gasteiger partial charge on any atom is 0.138 e. The van der Waals surface area contributed by atoms with Gasteiger partial charge in [-0.05, 0) is 18.1 Å². The third kappa shape index (κ3) is 2.83. The fourth-order valence-electron chi connectivity index (χ4n) is 2.20. The second-order valence-electron chi connectivity index (χ2n) is 5.30. The highest BCUT2D eigenvalue weighted by Crippen LogP contribution is 2.37. The van der Waals surface area contributed by atoms with E-state index in [2.05, 4.69) is 30.9 Å². The van der Waals surface area contributed by atoms with Crippen LogP contribution in [0.4, 0.5) is 0 Å². The van der Waals surface area contributed by atoms with Crippen molar-refractivity contribution in [1.82, 2.24) is 14.8 Å². The molecule has 2 atom stereocenters. The van der Waals surface area contributed by atoms with Crippen LogP contribution in [0.15, 0.2) is 6.33 Å². The van der Waals surface area contributed by atoms with Crippen molar-refractivity contribution in [3.8, 4) is 0 Å². The molecule has 1 aliphatic rings. The number of aliphatic hydroxyl groups is 1. The SMILES string of the molecule is CC(C)Cn1ncnc1CC1(O)CCSC1C. The molecular weight excluding hydrogens is 234 g/mol. The first-order valence-corrected chi connectivity index (χ1v) is 7.27. The van der Waals surface area contributed by atoms with Gasteiger partial charge >= 0.3 is 0 Å². The first-order valence-electron chi connectivity index (χ1n) is 6.22. The van der Waals surface area contributed by atoms with Gasteiger partial charge in [0.2, 0.25) is 0 Å². The highest BCUT2D eigenvalue weighted by atomic mass is 32.2. The average molecular weight is 255 g/mol. The Morgan fingerprint density at radius 1 is 1.65 bits per heavy atom. The van der Waals surface area contributed by atoms with Crippen LogP contribution in [0.25, 0.3) is 0 Å². The standard InChI is InChI=1S/C12H21N3OS/c1-9(2)7-15-11(13-8-14-15)6-12(16)4-5-17-10(12)3/h8-10,16H,4-7H2,1-3H3. The minimum atomic E-state index is -0.605. The predicted molar refractivity (Wildman–Crippen MR) is 70.1 cm³/mol. The lowest BCUT2D eigenvalue weighted by Gasteiger charge is -2.26. The summed E-state index contributed by atoms with van der Waals surface area (Å²) in [7, 11) is 0. The van der Waals surface area contributed by atoms with Gasteiger partial charge < -0.3 is 5.11 Å². The van der Waals surface area contributed by atoms with E-state index >= 15 is 0 Å². The van der Waals surface area contributed by atoms with Gasteiger partial charge in [-0.1, -0.05) is 20.8 Å². The lowest BCUT2D eigenvalue weighted by molar-refractivity contribution is 0.0431. The van der Waals surface area contributed by atoms with Crippen molar-refractivity contribution in [3.05, 3.63) is 12.2 Å². The summed E-state index contributed by atoms with van der Waals surface area (Å²) in [4.78, 5) is 4.29. The summed E-state index contributed by atoms with van der Waals surface area (Å²) in [6.45, 7) is 7.29. The van der Waals surface area contributed by atoms with Crippen molar-refractivity contribution in [2.45, 2.75) is 51.0 Å². The van der Waals surface area contributed by atoms with Crippen molar-refractivity contribution >= 4 is 11.8 Å². The molecule has 1 saturated heterocycles. The molecule has 17 heavy (non-hydrogen) atoms. The lowest BCUT2D eigenvalue weighted by atomic mass is 9.93. The van der Waals surface area contributed by atoms with Gasteiger partial charge in [-0.15, -0.1) is 0 Å². The maximum absolute atomic E-state index is 10.6. The molecule has 1 aromatic heterocycles. The second-order valence-corrected chi connectivity index (χ2v) is 6.74. The Labute approximate surface area is 107 Å². The lowest BCUT2D eigenvalue weighted by Crippen LogP contribution is -2.38. The van der Waals surface area contributed by atoms with Crippen LogP contribution in [0.3, 0.4) is 0 Å². The van der Waals surface area contributed by atoms with Crippen molar-refractivity contribution in [2.24, 2.45) is 5.92 Å². The highest BCUT2D eigenvalue weighted by Gasteiger charge is 2.40. The smallest absolute Gasteiger partial charge is 0.138 e. The van der Waals surface area contributed by atoms with Gasteiger partial charge in [0.05, 0.1) is 5.60 Å². The molecule has 2 unspecified atom stereocenters. The topological polar surface area (TPSA) is 50.9 Å². The molecule has 1 N–H and O–H groups in total. The van der Waals surface area contributed by atoms with E-state index < -0.39 is 5.60 Å². The van der Waals surface area contributed by atoms with Crippen LogP contribution < -0.4 is 0 Å². The van der Waals surface area contributed by atoms with Crippen molar-refractivity contribution < 1.29 is 5.11 Å². The summed E-state index contributed by atoms with van der Waals surface area (Å²) in [5.74, 6) is 2.49. The summed E-state index contributed by atoms with van der Waals surface area (Å²) in [6, 6.07) is 0. The largest absolute Gasteiger partial charge is 0.388 e. The number of hydrogen-bond donors (Lipinski definition) is 1. The van der Waals surface area contributed by atoms with E-state index in [0.29, 0.717) is 12.3 Å². The maximum atomic E-state index is 10.6. The third-order valence-electron chi connectivity index (χ3n) is 3.36. The van der Waals surface area contributed by atoms with E-state index in [0.717, 1.165) is 24.5 Å². The summed E-state index contributed by atoms with van der Waals surface area (Å²) in [6.07, 6.45) is 3.06. The molecule has 96 valence electrons. The average Bonchev–Trinajstić information content (AvgIpc) is 2.76. The Kier molecular flexibility index (Phi) is 3.78. The molecule has 0 bridgehead atoms. The molecule has 0 aromatic carbocycles. The van der Waals surface area contributed by atoms with Gasteiger partial charge in [-0.25, -0.2) is 9.67 Å². The molecule has 0 amide bonds. The Balaban J connectivity index is 2.10. The van der Waals surface area contributed by atoms with Crippen LogP contribution in [0.1, 0.15) is 33.0 Å². The van der Waals surface area contributed by atoms with Crippen LogP contribution in [0, 0.1) is 5.92 Å². The molecule has 0 spiro atoms. The zero-order valence-electron chi connectivity index (χ0n) is 10.8. The zero-order valence-corrected chi connectivity index (χ0v) is 11.6. The van der Waals surface area contributed by atoms with E-state index in [9.17, 15) is 5.11 Å². The van der Waals surface area contributed by atoms with E-state index in [-0.39, 0.29) is 5.25 Å². The van der Waals surface area contributed by atoms with Crippen molar-refractivity contribution in [3.63, 3.8) is 0 Å². The molecule has 1 aliphatic heterocycles. The molecule has 5 heteroatoms. The Bertz CT molecular complexity index is 380. The third-order valence-corrected chi connectivity index (χ3v) is 4.74. The molecule has 2 rings (SSSR count). The van der Waals surface area contributed by atoms with Crippen LogP contribution in [-0.2, 0) is 13.0 Å². The fraction of sp³-hybridized carbons (Fsp3) is 0.833. The van der Waals surface area contributed by atoms with E-state index in [4.69, 9.17) is 0 Å². The zero-order chi connectivity index (χ0) is 12.5.